The molecule has 5 nitrogen and oxygen atoms in total. The first-order valence-electron chi connectivity index (χ1n) is 11.2. The maximum atomic E-state index is 12.1. The quantitative estimate of drug-likeness (QED) is 0.599. The first kappa shape index (κ1) is 23.8. The predicted octanol–water partition coefficient (Wildman–Crippen LogP) is 5.93. The second-order valence-electron chi connectivity index (χ2n) is 10.3. The Hall–Kier alpha value is -1.85. The van der Waals surface area contributed by atoms with Crippen LogP contribution in [0.2, 0.25) is 5.02 Å². The molecule has 2 aromatic rings. The van der Waals surface area contributed by atoms with Crippen molar-refractivity contribution in [3.63, 3.8) is 0 Å². The SMILES string of the molecule is COC(C)(C)c1cc(-n2nc(C(N)=O)c(Cl)c2CC2CCCCC2)cc(C(C)(C)C)c1. The summed E-state index contributed by atoms with van der Waals surface area (Å²) in [5.74, 6) is -0.0545. The second kappa shape index (κ2) is 8.95. The number of benzene rings is 1. The zero-order valence-electron chi connectivity index (χ0n) is 19.7. The normalized spacial score (nSPS) is 16.0. The molecule has 0 spiro atoms. The Kier molecular flexibility index (Phi) is 6.87. The second-order valence-corrected chi connectivity index (χ2v) is 10.7. The molecule has 1 aromatic heterocycles. The molecule has 1 fully saturated rings. The van der Waals surface area contributed by atoms with Gasteiger partial charge < -0.3 is 10.5 Å². The number of nitrogens with two attached hydrogens (primary N) is 1. The van der Waals surface area contributed by atoms with E-state index < -0.39 is 11.5 Å². The molecule has 0 bridgehead atoms. The molecule has 1 amide bonds. The van der Waals surface area contributed by atoms with Crippen LogP contribution in [0, 0.1) is 5.92 Å². The molecule has 1 heterocycles. The number of nitrogens with zero attached hydrogens (tertiary/aromatic N) is 2. The molecule has 1 saturated carbocycles. The van der Waals surface area contributed by atoms with Gasteiger partial charge in [0.15, 0.2) is 5.69 Å². The van der Waals surface area contributed by atoms with E-state index in [-0.39, 0.29) is 11.1 Å². The summed E-state index contributed by atoms with van der Waals surface area (Å²) in [6.45, 7) is 10.6. The summed E-state index contributed by atoms with van der Waals surface area (Å²) < 4.78 is 7.61. The van der Waals surface area contributed by atoms with Gasteiger partial charge in [-0.1, -0.05) is 70.5 Å². The van der Waals surface area contributed by atoms with Gasteiger partial charge in [0.2, 0.25) is 0 Å². The number of methoxy groups -OCH3 is 1. The molecule has 2 N–H and O–H groups in total. The molecule has 170 valence electrons. The fraction of sp³-hybridized carbons (Fsp3) is 0.600. The van der Waals surface area contributed by atoms with Gasteiger partial charge in [-0.2, -0.15) is 5.10 Å². The lowest BCUT2D eigenvalue weighted by atomic mass is 9.83. The number of carbonyl (C=O) groups is 1. The van der Waals surface area contributed by atoms with Gasteiger partial charge in [0.05, 0.1) is 22.0 Å². The molecular weight excluding hydrogens is 410 g/mol. The minimum atomic E-state index is -0.599. The molecule has 31 heavy (non-hydrogen) atoms. The predicted molar refractivity (Wildman–Crippen MR) is 126 cm³/mol. The van der Waals surface area contributed by atoms with Crippen LogP contribution in [-0.2, 0) is 22.2 Å². The van der Waals surface area contributed by atoms with Gasteiger partial charge >= 0.3 is 0 Å². The Labute approximate surface area is 191 Å². The average Bonchev–Trinajstić information content (AvgIpc) is 3.04. The van der Waals surface area contributed by atoms with Crippen molar-refractivity contribution in [3.05, 3.63) is 45.7 Å². The highest BCUT2D eigenvalue weighted by atomic mass is 35.5. The fourth-order valence-electron chi connectivity index (χ4n) is 4.28. The van der Waals surface area contributed by atoms with Crippen molar-refractivity contribution in [3.8, 4) is 5.69 Å². The number of primary amides is 1. The van der Waals surface area contributed by atoms with Crippen molar-refractivity contribution in [1.29, 1.82) is 0 Å². The molecular formula is C25H36ClN3O2. The van der Waals surface area contributed by atoms with Gasteiger partial charge in [-0.3, -0.25) is 4.79 Å². The maximum Gasteiger partial charge on any atom is 0.270 e. The summed E-state index contributed by atoms with van der Waals surface area (Å²) in [6, 6.07) is 6.40. The third-order valence-electron chi connectivity index (χ3n) is 6.59. The number of amides is 1. The van der Waals surface area contributed by atoms with Crippen LogP contribution in [0.3, 0.4) is 0 Å². The van der Waals surface area contributed by atoms with Crippen molar-refractivity contribution in [2.24, 2.45) is 11.7 Å². The summed E-state index contributed by atoms with van der Waals surface area (Å²) >= 11 is 6.67. The molecule has 0 saturated heterocycles. The molecule has 3 rings (SSSR count). The molecule has 1 aliphatic rings. The standard InChI is InChI=1S/C25H36ClN3O2/c1-24(2,3)17-13-18(25(4,5)31-6)15-19(14-17)29-20(12-16-10-8-7-9-11-16)21(26)22(28-29)23(27)30/h13-16H,7-12H2,1-6H3,(H2,27,30). The lowest BCUT2D eigenvalue weighted by molar-refractivity contribution is 0.0191. The topological polar surface area (TPSA) is 70.1 Å². The third-order valence-corrected chi connectivity index (χ3v) is 6.99. The number of rotatable bonds is 6. The molecule has 0 aliphatic heterocycles. The Morgan fingerprint density at radius 2 is 1.74 bits per heavy atom. The van der Waals surface area contributed by atoms with Gasteiger partial charge in [0.25, 0.3) is 5.91 Å². The van der Waals surface area contributed by atoms with Crippen LogP contribution in [0.25, 0.3) is 5.69 Å². The minimum Gasteiger partial charge on any atom is -0.374 e. The first-order valence-corrected chi connectivity index (χ1v) is 11.6. The van der Waals surface area contributed by atoms with Crippen LogP contribution in [0.15, 0.2) is 18.2 Å². The molecule has 0 radical (unpaired) electrons. The average molecular weight is 446 g/mol. The van der Waals surface area contributed by atoms with Crippen molar-refractivity contribution >= 4 is 17.5 Å². The summed E-state index contributed by atoms with van der Waals surface area (Å²) in [5, 5.41) is 4.97. The summed E-state index contributed by atoms with van der Waals surface area (Å²) in [5.41, 5.74) is 9.18. The highest BCUT2D eigenvalue weighted by Gasteiger charge is 2.28. The number of carbonyl (C=O) groups excluding carboxylic acids is 1. The van der Waals surface area contributed by atoms with Gasteiger partial charge in [0.1, 0.15) is 0 Å². The number of aromatic nitrogens is 2. The van der Waals surface area contributed by atoms with Crippen molar-refractivity contribution in [2.75, 3.05) is 7.11 Å². The maximum absolute atomic E-state index is 12.1. The smallest absolute Gasteiger partial charge is 0.270 e. The molecule has 1 aromatic carbocycles. The van der Waals surface area contributed by atoms with E-state index in [0.29, 0.717) is 10.9 Å². The lowest BCUT2D eigenvalue weighted by Crippen LogP contribution is -2.22. The highest BCUT2D eigenvalue weighted by Crippen LogP contribution is 2.35. The summed E-state index contributed by atoms with van der Waals surface area (Å²) in [4.78, 5) is 12.1. The zero-order chi connectivity index (χ0) is 23.0. The Bertz CT molecular complexity index is 950. The van der Waals surface area contributed by atoms with Crippen molar-refractivity contribution in [1.82, 2.24) is 9.78 Å². The van der Waals surface area contributed by atoms with E-state index >= 15 is 0 Å². The van der Waals surface area contributed by atoms with Crippen LogP contribution in [0.4, 0.5) is 0 Å². The van der Waals surface area contributed by atoms with E-state index in [4.69, 9.17) is 22.1 Å². The minimum absolute atomic E-state index is 0.0679. The summed E-state index contributed by atoms with van der Waals surface area (Å²) in [6.07, 6.45) is 6.92. The van der Waals surface area contributed by atoms with Crippen LogP contribution in [0.1, 0.15) is 94.0 Å². The first-order chi connectivity index (χ1) is 14.4. The number of halogens is 1. The van der Waals surface area contributed by atoms with E-state index in [1.807, 2.05) is 18.5 Å². The fourth-order valence-corrected chi connectivity index (χ4v) is 4.57. The van der Waals surface area contributed by atoms with E-state index in [9.17, 15) is 4.79 Å². The van der Waals surface area contributed by atoms with Gasteiger partial charge in [-0.05, 0) is 54.9 Å². The highest BCUT2D eigenvalue weighted by molar-refractivity contribution is 6.34. The van der Waals surface area contributed by atoms with E-state index in [1.165, 1.54) is 37.7 Å². The molecule has 0 unspecified atom stereocenters. The van der Waals surface area contributed by atoms with Gasteiger partial charge in [-0.25, -0.2) is 4.68 Å². The molecule has 0 atom stereocenters. The van der Waals surface area contributed by atoms with Gasteiger partial charge in [0, 0.05) is 7.11 Å². The lowest BCUT2D eigenvalue weighted by Gasteiger charge is -2.28. The number of hydrogen-bond donors (Lipinski definition) is 1. The van der Waals surface area contributed by atoms with Gasteiger partial charge in [-0.15, -0.1) is 0 Å². The van der Waals surface area contributed by atoms with Crippen molar-refractivity contribution in [2.45, 2.75) is 84.2 Å². The van der Waals surface area contributed by atoms with Crippen LogP contribution >= 0.6 is 11.6 Å². The van der Waals surface area contributed by atoms with Crippen molar-refractivity contribution < 1.29 is 9.53 Å². The van der Waals surface area contributed by atoms with E-state index in [1.54, 1.807) is 7.11 Å². The Morgan fingerprint density at radius 1 is 1.13 bits per heavy atom. The van der Waals surface area contributed by atoms with Crippen LogP contribution in [0.5, 0.6) is 0 Å². The van der Waals surface area contributed by atoms with Crippen LogP contribution in [-0.4, -0.2) is 22.8 Å². The molecule has 1 aliphatic carbocycles. The largest absolute Gasteiger partial charge is 0.374 e. The molecule has 6 heteroatoms. The number of hydrogen-bond acceptors (Lipinski definition) is 3. The third kappa shape index (κ3) is 5.15. The summed E-state index contributed by atoms with van der Waals surface area (Å²) in [7, 11) is 1.72. The van der Waals surface area contributed by atoms with E-state index in [0.717, 1.165) is 23.4 Å². The Morgan fingerprint density at radius 3 is 2.29 bits per heavy atom. The number of ether oxygens (including phenoxy) is 1. The zero-order valence-corrected chi connectivity index (χ0v) is 20.5. The monoisotopic (exact) mass is 445 g/mol. The van der Waals surface area contributed by atoms with Crippen LogP contribution < -0.4 is 5.73 Å². The Balaban J connectivity index is 2.19. The van der Waals surface area contributed by atoms with E-state index in [2.05, 4.69) is 44.1 Å².